The molecule has 144 valence electrons. The lowest BCUT2D eigenvalue weighted by atomic mass is 10.1. The van der Waals surface area contributed by atoms with E-state index in [0.29, 0.717) is 0 Å². The van der Waals surface area contributed by atoms with Crippen LogP contribution in [-0.2, 0) is 6.18 Å². The molecule has 0 saturated heterocycles. The lowest BCUT2D eigenvalue weighted by molar-refractivity contribution is -0.137. The van der Waals surface area contributed by atoms with Crippen molar-refractivity contribution in [2.45, 2.75) is 6.18 Å². The van der Waals surface area contributed by atoms with Crippen LogP contribution >= 0.6 is 23.2 Å². The second-order valence-corrected chi connectivity index (χ2v) is 6.39. The Balaban J connectivity index is 2.09. The molecule has 3 aromatic rings. The summed E-state index contributed by atoms with van der Waals surface area (Å²) >= 11 is 11.6. The lowest BCUT2D eigenvalue weighted by Gasteiger charge is -2.13. The summed E-state index contributed by atoms with van der Waals surface area (Å²) in [6.07, 6.45) is -4.65. The van der Waals surface area contributed by atoms with Gasteiger partial charge >= 0.3 is 12.1 Å². The monoisotopic (exact) mass is 427 g/mol. The second-order valence-electron chi connectivity index (χ2n) is 5.58. The number of hydrogen-bond acceptors (Lipinski definition) is 3. The van der Waals surface area contributed by atoms with Gasteiger partial charge in [0.15, 0.2) is 0 Å². The SMILES string of the molecule is O=C(O)c1ccc(-c2ccc(Cl)c(C(F)(F)F)c2)nc1Oc1ccccc1Cl. The molecule has 28 heavy (non-hydrogen) atoms. The standard InChI is InChI=1S/C19H10Cl2F3NO3/c20-13-7-5-10(9-12(13)19(22,23)24)15-8-6-11(18(26)27)17(25-15)28-16-4-2-1-3-14(16)21/h1-9H,(H,26,27). The predicted molar refractivity (Wildman–Crippen MR) is 98.2 cm³/mol. The number of pyridine rings is 1. The maximum atomic E-state index is 13.1. The first-order valence-corrected chi connectivity index (χ1v) is 8.46. The van der Waals surface area contributed by atoms with Crippen molar-refractivity contribution in [1.82, 2.24) is 4.98 Å². The minimum absolute atomic E-state index is 0.0780. The summed E-state index contributed by atoms with van der Waals surface area (Å²) in [5.41, 5.74) is -1.12. The largest absolute Gasteiger partial charge is 0.477 e. The molecule has 1 heterocycles. The quantitative estimate of drug-likeness (QED) is 0.511. The van der Waals surface area contributed by atoms with Crippen molar-refractivity contribution in [3.05, 3.63) is 75.8 Å². The van der Waals surface area contributed by atoms with Crippen LogP contribution < -0.4 is 4.74 Å². The van der Waals surface area contributed by atoms with Gasteiger partial charge in [0, 0.05) is 5.56 Å². The molecule has 4 nitrogen and oxygen atoms in total. The molecule has 1 aromatic heterocycles. The number of para-hydroxylation sites is 1. The molecule has 0 fully saturated rings. The van der Waals surface area contributed by atoms with Gasteiger partial charge in [0.1, 0.15) is 11.3 Å². The van der Waals surface area contributed by atoms with Crippen molar-refractivity contribution in [2.24, 2.45) is 0 Å². The van der Waals surface area contributed by atoms with Crippen LogP contribution in [0, 0.1) is 0 Å². The molecule has 9 heteroatoms. The number of aromatic nitrogens is 1. The topological polar surface area (TPSA) is 59.4 Å². The smallest absolute Gasteiger partial charge is 0.417 e. The van der Waals surface area contributed by atoms with E-state index >= 15 is 0 Å². The van der Waals surface area contributed by atoms with E-state index < -0.39 is 22.7 Å². The number of hydrogen-bond donors (Lipinski definition) is 1. The summed E-state index contributed by atoms with van der Waals surface area (Å²) in [5, 5.41) is 9.11. The Morgan fingerprint density at radius 3 is 2.36 bits per heavy atom. The maximum absolute atomic E-state index is 13.1. The van der Waals surface area contributed by atoms with Gasteiger partial charge in [-0.05, 0) is 36.4 Å². The molecule has 1 N–H and O–H groups in total. The van der Waals surface area contributed by atoms with E-state index in [1.807, 2.05) is 0 Å². The third kappa shape index (κ3) is 4.21. The van der Waals surface area contributed by atoms with Crippen LogP contribution in [0.1, 0.15) is 15.9 Å². The van der Waals surface area contributed by atoms with Crippen LogP contribution in [0.3, 0.4) is 0 Å². The summed E-state index contributed by atoms with van der Waals surface area (Å²) in [7, 11) is 0. The average molecular weight is 428 g/mol. The summed E-state index contributed by atoms with van der Waals surface area (Å²) in [6, 6.07) is 12.1. The fourth-order valence-electron chi connectivity index (χ4n) is 2.38. The molecule has 0 spiro atoms. The number of aromatic carboxylic acids is 1. The first-order valence-electron chi connectivity index (χ1n) is 7.70. The highest BCUT2D eigenvalue weighted by Crippen LogP contribution is 2.38. The fraction of sp³-hybridized carbons (Fsp3) is 0.0526. The predicted octanol–water partition coefficient (Wildman–Crippen LogP) is 6.56. The minimum Gasteiger partial charge on any atom is -0.477 e. The first kappa shape index (κ1) is 20.0. The normalized spacial score (nSPS) is 11.3. The molecule has 0 aliphatic rings. The molecule has 0 aliphatic heterocycles. The van der Waals surface area contributed by atoms with Crippen molar-refractivity contribution in [3.8, 4) is 22.9 Å². The van der Waals surface area contributed by atoms with E-state index in [2.05, 4.69) is 4.98 Å². The highest BCUT2D eigenvalue weighted by atomic mass is 35.5. The first-order chi connectivity index (χ1) is 13.2. The van der Waals surface area contributed by atoms with Crippen molar-refractivity contribution in [1.29, 1.82) is 0 Å². The lowest BCUT2D eigenvalue weighted by Crippen LogP contribution is -2.06. The molecule has 0 unspecified atom stereocenters. The number of alkyl halides is 3. The van der Waals surface area contributed by atoms with Gasteiger partial charge in [-0.15, -0.1) is 0 Å². The van der Waals surface area contributed by atoms with Gasteiger partial charge in [0.05, 0.1) is 21.3 Å². The number of carbonyl (C=O) groups is 1. The number of nitrogens with zero attached hydrogens (tertiary/aromatic N) is 1. The molecule has 0 radical (unpaired) electrons. The molecule has 0 bridgehead atoms. The number of carboxylic acid groups (broad SMARTS) is 1. The third-order valence-corrected chi connectivity index (χ3v) is 4.34. The summed E-state index contributed by atoms with van der Waals surface area (Å²) in [5.74, 6) is -1.46. The molecule has 0 amide bonds. The number of benzene rings is 2. The van der Waals surface area contributed by atoms with Crippen molar-refractivity contribution in [3.63, 3.8) is 0 Å². The van der Waals surface area contributed by atoms with Gasteiger partial charge in [-0.3, -0.25) is 0 Å². The van der Waals surface area contributed by atoms with E-state index in [9.17, 15) is 23.1 Å². The highest BCUT2D eigenvalue weighted by molar-refractivity contribution is 6.32. The van der Waals surface area contributed by atoms with Crippen LogP contribution in [0.5, 0.6) is 11.6 Å². The van der Waals surface area contributed by atoms with E-state index in [1.54, 1.807) is 12.1 Å². The molecule has 3 rings (SSSR count). The average Bonchev–Trinajstić information content (AvgIpc) is 2.63. The fourth-order valence-corrected chi connectivity index (χ4v) is 2.77. The number of ether oxygens (including phenoxy) is 1. The van der Waals surface area contributed by atoms with Gasteiger partial charge in [-0.1, -0.05) is 41.4 Å². The summed E-state index contributed by atoms with van der Waals surface area (Å²) in [6.45, 7) is 0. The zero-order chi connectivity index (χ0) is 20.5. The second kappa shape index (κ2) is 7.69. The Hall–Kier alpha value is -2.77. The number of halogens is 5. The van der Waals surface area contributed by atoms with Crippen LogP contribution in [-0.4, -0.2) is 16.1 Å². The third-order valence-electron chi connectivity index (χ3n) is 3.70. The molecule has 0 saturated carbocycles. The Morgan fingerprint density at radius 1 is 1.00 bits per heavy atom. The molecular formula is C19H10Cl2F3NO3. The zero-order valence-electron chi connectivity index (χ0n) is 13.8. The van der Waals surface area contributed by atoms with Crippen LogP contribution in [0.2, 0.25) is 10.0 Å². The van der Waals surface area contributed by atoms with Crippen molar-refractivity contribution >= 4 is 29.2 Å². The number of carboxylic acids is 1. The molecule has 2 aromatic carbocycles. The van der Waals surface area contributed by atoms with E-state index in [4.69, 9.17) is 27.9 Å². The zero-order valence-corrected chi connectivity index (χ0v) is 15.3. The Morgan fingerprint density at radius 2 is 1.71 bits per heavy atom. The Labute approximate surface area is 167 Å². The molecule has 0 aliphatic carbocycles. The highest BCUT2D eigenvalue weighted by Gasteiger charge is 2.33. The summed E-state index contributed by atoms with van der Waals surface area (Å²) in [4.78, 5) is 15.5. The Kier molecular flexibility index (Phi) is 5.49. The van der Waals surface area contributed by atoms with Gasteiger partial charge in [0.25, 0.3) is 0 Å². The molecular weight excluding hydrogens is 418 g/mol. The van der Waals surface area contributed by atoms with Crippen molar-refractivity contribution in [2.75, 3.05) is 0 Å². The van der Waals surface area contributed by atoms with Gasteiger partial charge in [0.2, 0.25) is 5.88 Å². The van der Waals surface area contributed by atoms with Crippen LogP contribution in [0.25, 0.3) is 11.3 Å². The van der Waals surface area contributed by atoms with Crippen LogP contribution in [0.4, 0.5) is 13.2 Å². The van der Waals surface area contributed by atoms with E-state index in [-0.39, 0.29) is 33.5 Å². The van der Waals surface area contributed by atoms with Gasteiger partial charge in [-0.25, -0.2) is 9.78 Å². The number of rotatable bonds is 4. The molecule has 0 atom stereocenters. The van der Waals surface area contributed by atoms with Crippen molar-refractivity contribution < 1.29 is 27.8 Å². The van der Waals surface area contributed by atoms with Gasteiger partial charge in [-0.2, -0.15) is 13.2 Å². The van der Waals surface area contributed by atoms with E-state index in [1.165, 1.54) is 30.3 Å². The Bertz CT molecular complexity index is 1050. The van der Waals surface area contributed by atoms with Crippen LogP contribution in [0.15, 0.2) is 54.6 Å². The summed E-state index contributed by atoms with van der Waals surface area (Å²) < 4.78 is 44.8. The minimum atomic E-state index is -4.65. The maximum Gasteiger partial charge on any atom is 0.417 e. The van der Waals surface area contributed by atoms with Gasteiger partial charge < -0.3 is 9.84 Å². The van der Waals surface area contributed by atoms with E-state index in [0.717, 1.165) is 12.1 Å².